The molecule has 0 aliphatic carbocycles. The standard InChI is InChI=1S/C18H21NO2/c1-4-14-8-10-16(11-9-14)19(2)13-18(20)15-6-5-7-17(12-15)21-3/h5-12H,4,13H2,1-3H3. The molecule has 0 saturated heterocycles. The van der Waals surface area contributed by atoms with Gasteiger partial charge in [0, 0.05) is 18.3 Å². The first-order valence-corrected chi connectivity index (χ1v) is 7.11. The fraction of sp³-hybridized carbons (Fsp3) is 0.278. The van der Waals surface area contributed by atoms with Gasteiger partial charge in [-0.1, -0.05) is 31.2 Å². The molecule has 0 N–H and O–H groups in total. The molecule has 0 unspecified atom stereocenters. The summed E-state index contributed by atoms with van der Waals surface area (Å²) in [4.78, 5) is 14.3. The van der Waals surface area contributed by atoms with Crippen molar-refractivity contribution in [2.45, 2.75) is 13.3 Å². The molecule has 0 fully saturated rings. The predicted molar refractivity (Wildman–Crippen MR) is 86.4 cm³/mol. The van der Waals surface area contributed by atoms with E-state index in [2.05, 4.69) is 31.2 Å². The van der Waals surface area contributed by atoms with E-state index in [1.54, 1.807) is 13.2 Å². The van der Waals surface area contributed by atoms with E-state index < -0.39 is 0 Å². The van der Waals surface area contributed by atoms with Crippen molar-refractivity contribution < 1.29 is 9.53 Å². The van der Waals surface area contributed by atoms with Gasteiger partial charge in [0.15, 0.2) is 5.78 Å². The second-order valence-electron chi connectivity index (χ2n) is 5.03. The van der Waals surface area contributed by atoms with Crippen LogP contribution in [0.15, 0.2) is 48.5 Å². The summed E-state index contributed by atoms with van der Waals surface area (Å²) in [6.45, 7) is 2.48. The third-order valence-corrected chi connectivity index (χ3v) is 3.56. The summed E-state index contributed by atoms with van der Waals surface area (Å²) in [5, 5.41) is 0. The first-order chi connectivity index (χ1) is 10.1. The molecule has 0 aliphatic rings. The minimum Gasteiger partial charge on any atom is -0.497 e. The zero-order chi connectivity index (χ0) is 15.2. The summed E-state index contributed by atoms with van der Waals surface area (Å²) in [6.07, 6.45) is 1.02. The van der Waals surface area contributed by atoms with Crippen LogP contribution >= 0.6 is 0 Å². The molecule has 0 aliphatic heterocycles. The summed E-state index contributed by atoms with van der Waals surface area (Å²) in [5.74, 6) is 0.784. The number of rotatable bonds is 6. The summed E-state index contributed by atoms with van der Waals surface area (Å²) in [5.41, 5.74) is 3.01. The zero-order valence-electron chi connectivity index (χ0n) is 12.8. The molecule has 3 nitrogen and oxygen atoms in total. The normalized spacial score (nSPS) is 10.2. The van der Waals surface area contributed by atoms with Crippen LogP contribution in [0.25, 0.3) is 0 Å². The Hall–Kier alpha value is -2.29. The maximum Gasteiger partial charge on any atom is 0.182 e. The van der Waals surface area contributed by atoms with Gasteiger partial charge in [0.25, 0.3) is 0 Å². The van der Waals surface area contributed by atoms with E-state index in [4.69, 9.17) is 4.74 Å². The number of carbonyl (C=O) groups excluding carboxylic acids is 1. The number of methoxy groups -OCH3 is 1. The summed E-state index contributed by atoms with van der Waals surface area (Å²) < 4.78 is 5.15. The molecule has 0 saturated carbocycles. The van der Waals surface area contributed by atoms with Gasteiger partial charge in [-0.3, -0.25) is 4.79 Å². The Labute approximate surface area is 126 Å². The van der Waals surface area contributed by atoms with Crippen molar-refractivity contribution in [1.82, 2.24) is 0 Å². The number of aryl methyl sites for hydroxylation is 1. The lowest BCUT2D eigenvalue weighted by Crippen LogP contribution is -2.25. The molecule has 0 amide bonds. The third-order valence-electron chi connectivity index (χ3n) is 3.56. The molecule has 0 spiro atoms. The van der Waals surface area contributed by atoms with E-state index in [0.717, 1.165) is 12.1 Å². The Bertz CT molecular complexity index is 605. The number of Topliss-reactive ketones (excluding diaryl/α,β-unsaturated/α-hetero) is 1. The number of nitrogens with zero attached hydrogens (tertiary/aromatic N) is 1. The van der Waals surface area contributed by atoms with E-state index in [1.807, 2.05) is 30.1 Å². The number of ketones is 1. The molecule has 3 heteroatoms. The van der Waals surface area contributed by atoms with Gasteiger partial charge in [0.1, 0.15) is 5.75 Å². The Kier molecular flexibility index (Phi) is 4.99. The van der Waals surface area contributed by atoms with Crippen molar-refractivity contribution in [2.75, 3.05) is 25.6 Å². The van der Waals surface area contributed by atoms with Crippen molar-refractivity contribution in [2.24, 2.45) is 0 Å². The number of benzene rings is 2. The molecule has 2 aromatic rings. The average Bonchev–Trinajstić information content (AvgIpc) is 2.54. The first kappa shape index (κ1) is 15.1. The summed E-state index contributed by atoms with van der Waals surface area (Å²) in [7, 11) is 3.53. The Morgan fingerprint density at radius 3 is 2.48 bits per heavy atom. The second kappa shape index (κ2) is 6.93. The molecule has 0 bridgehead atoms. The van der Waals surface area contributed by atoms with Gasteiger partial charge in [-0.05, 0) is 36.2 Å². The van der Waals surface area contributed by atoms with Crippen LogP contribution in [0.2, 0.25) is 0 Å². The highest BCUT2D eigenvalue weighted by Gasteiger charge is 2.10. The fourth-order valence-corrected chi connectivity index (χ4v) is 2.18. The Balaban J connectivity index is 2.06. The van der Waals surface area contributed by atoms with E-state index in [-0.39, 0.29) is 5.78 Å². The van der Waals surface area contributed by atoms with Crippen LogP contribution in [0.5, 0.6) is 5.75 Å². The van der Waals surface area contributed by atoms with E-state index in [9.17, 15) is 4.79 Å². The monoisotopic (exact) mass is 283 g/mol. The van der Waals surface area contributed by atoms with Crippen molar-refractivity contribution in [1.29, 1.82) is 0 Å². The van der Waals surface area contributed by atoms with Gasteiger partial charge in [0.2, 0.25) is 0 Å². The Morgan fingerprint density at radius 2 is 1.86 bits per heavy atom. The topological polar surface area (TPSA) is 29.5 Å². The lowest BCUT2D eigenvalue weighted by Gasteiger charge is -2.19. The molecule has 0 heterocycles. The van der Waals surface area contributed by atoms with Crippen molar-refractivity contribution in [3.8, 4) is 5.75 Å². The van der Waals surface area contributed by atoms with Gasteiger partial charge >= 0.3 is 0 Å². The molecule has 21 heavy (non-hydrogen) atoms. The van der Waals surface area contributed by atoms with Gasteiger partial charge in [-0.15, -0.1) is 0 Å². The van der Waals surface area contributed by atoms with E-state index in [1.165, 1.54) is 5.56 Å². The maximum absolute atomic E-state index is 12.3. The minimum absolute atomic E-state index is 0.0796. The molecule has 110 valence electrons. The van der Waals surface area contributed by atoms with Crippen LogP contribution < -0.4 is 9.64 Å². The highest BCUT2D eigenvalue weighted by molar-refractivity contribution is 5.99. The molecule has 2 rings (SSSR count). The molecular weight excluding hydrogens is 262 g/mol. The summed E-state index contributed by atoms with van der Waals surface area (Å²) >= 11 is 0. The molecule has 2 aromatic carbocycles. The number of carbonyl (C=O) groups is 1. The highest BCUT2D eigenvalue weighted by Crippen LogP contribution is 2.17. The van der Waals surface area contributed by atoms with E-state index >= 15 is 0 Å². The smallest absolute Gasteiger partial charge is 0.182 e. The van der Waals surface area contributed by atoms with Gasteiger partial charge in [-0.2, -0.15) is 0 Å². The minimum atomic E-state index is 0.0796. The lowest BCUT2D eigenvalue weighted by molar-refractivity contribution is 0.1000. The summed E-state index contributed by atoms with van der Waals surface area (Å²) in [6, 6.07) is 15.6. The molecule has 0 radical (unpaired) electrons. The Morgan fingerprint density at radius 1 is 1.14 bits per heavy atom. The second-order valence-corrected chi connectivity index (χ2v) is 5.03. The SMILES string of the molecule is CCc1ccc(N(C)CC(=O)c2cccc(OC)c2)cc1. The number of ether oxygens (including phenoxy) is 1. The van der Waals surface area contributed by atoms with Crippen molar-refractivity contribution >= 4 is 11.5 Å². The predicted octanol–water partition coefficient (Wildman–Crippen LogP) is 3.58. The first-order valence-electron chi connectivity index (χ1n) is 7.11. The number of hydrogen-bond donors (Lipinski definition) is 0. The fourth-order valence-electron chi connectivity index (χ4n) is 2.18. The largest absolute Gasteiger partial charge is 0.497 e. The quantitative estimate of drug-likeness (QED) is 0.759. The number of anilines is 1. The van der Waals surface area contributed by atoms with Crippen LogP contribution in [-0.4, -0.2) is 26.5 Å². The van der Waals surface area contributed by atoms with Crippen LogP contribution in [0, 0.1) is 0 Å². The highest BCUT2D eigenvalue weighted by atomic mass is 16.5. The van der Waals surface area contributed by atoms with Crippen molar-refractivity contribution in [3.05, 3.63) is 59.7 Å². The number of hydrogen-bond acceptors (Lipinski definition) is 3. The average molecular weight is 283 g/mol. The van der Waals surface area contributed by atoms with Crippen LogP contribution in [0.4, 0.5) is 5.69 Å². The zero-order valence-corrected chi connectivity index (χ0v) is 12.8. The van der Waals surface area contributed by atoms with E-state index in [0.29, 0.717) is 17.9 Å². The lowest BCUT2D eigenvalue weighted by atomic mass is 10.1. The van der Waals surface area contributed by atoms with Crippen LogP contribution in [-0.2, 0) is 6.42 Å². The van der Waals surface area contributed by atoms with Crippen LogP contribution in [0.3, 0.4) is 0 Å². The molecule has 0 atom stereocenters. The van der Waals surface area contributed by atoms with Crippen molar-refractivity contribution in [3.63, 3.8) is 0 Å². The van der Waals surface area contributed by atoms with Gasteiger partial charge in [0.05, 0.1) is 13.7 Å². The van der Waals surface area contributed by atoms with Gasteiger partial charge < -0.3 is 9.64 Å². The maximum atomic E-state index is 12.3. The molecule has 0 aromatic heterocycles. The van der Waals surface area contributed by atoms with Gasteiger partial charge in [-0.25, -0.2) is 0 Å². The molecular formula is C18H21NO2. The number of likely N-dealkylation sites (N-methyl/N-ethyl adjacent to an activating group) is 1. The third kappa shape index (κ3) is 3.85. The van der Waals surface area contributed by atoms with Crippen LogP contribution in [0.1, 0.15) is 22.8 Å².